The SMILES string of the molecule is C=C(C)C(=O)OCCOCCS(=O)(=O)c1cc(OC)c(N=NC2C(=O)N(c3ccc(S(=O)(=O)O)cc3)N=C2C)cc1C. The van der Waals surface area contributed by atoms with Crippen molar-refractivity contribution < 1.29 is 45.2 Å². The monoisotopic (exact) mass is 622 g/mol. The molecule has 2 aromatic carbocycles. The number of amides is 1. The summed E-state index contributed by atoms with van der Waals surface area (Å²) in [4.78, 5) is 24.0. The van der Waals surface area contributed by atoms with Crippen molar-refractivity contribution in [2.45, 2.75) is 36.6 Å². The van der Waals surface area contributed by atoms with E-state index in [2.05, 4.69) is 21.9 Å². The van der Waals surface area contributed by atoms with Gasteiger partial charge in [-0.2, -0.15) is 28.8 Å². The Kier molecular flexibility index (Phi) is 10.3. The Balaban J connectivity index is 1.70. The molecule has 1 amide bonds. The number of methoxy groups -OCH3 is 1. The predicted molar refractivity (Wildman–Crippen MR) is 152 cm³/mol. The van der Waals surface area contributed by atoms with Gasteiger partial charge in [-0.25, -0.2) is 13.2 Å². The Hall–Kier alpha value is -3.99. The number of benzene rings is 2. The molecule has 226 valence electrons. The third kappa shape index (κ3) is 7.84. The number of carbonyl (C=O) groups is 2. The number of anilines is 1. The number of hydrazone groups is 1. The van der Waals surface area contributed by atoms with Crippen LogP contribution >= 0.6 is 0 Å². The quantitative estimate of drug-likeness (QED) is 0.114. The molecular weight excluding hydrogens is 592 g/mol. The van der Waals surface area contributed by atoms with Crippen molar-refractivity contribution in [2.24, 2.45) is 15.3 Å². The Morgan fingerprint density at radius 3 is 2.36 bits per heavy atom. The standard InChI is InChI=1S/C26H30N4O10S2/c1-16(2)26(32)40-11-10-39-12-13-41(33,34)23-15-22(38-5)21(14-17(23)3)27-28-24-18(4)29-30(25(24)31)19-6-8-20(9-7-19)42(35,36)37/h6-9,14-15,24H,1,10-13H2,2-5H3,(H,35,36,37). The number of azo groups is 1. The first-order chi connectivity index (χ1) is 19.7. The summed E-state index contributed by atoms with van der Waals surface area (Å²) in [7, 11) is -6.85. The molecule has 1 unspecified atom stereocenters. The molecule has 14 nitrogen and oxygen atoms in total. The minimum atomic E-state index is -4.40. The second-order valence-corrected chi connectivity index (χ2v) is 12.6. The summed E-state index contributed by atoms with van der Waals surface area (Å²) >= 11 is 0. The van der Waals surface area contributed by atoms with Gasteiger partial charge in [0.05, 0.1) is 47.3 Å². The lowest BCUT2D eigenvalue weighted by Crippen LogP contribution is -2.29. The number of hydrogen-bond acceptors (Lipinski definition) is 12. The van der Waals surface area contributed by atoms with Gasteiger partial charge in [0.15, 0.2) is 15.9 Å². The molecule has 16 heteroatoms. The van der Waals surface area contributed by atoms with Crippen LogP contribution in [-0.2, 0) is 39.0 Å². The van der Waals surface area contributed by atoms with Gasteiger partial charge in [-0.3, -0.25) is 9.35 Å². The molecule has 0 fully saturated rings. The van der Waals surface area contributed by atoms with Crippen molar-refractivity contribution in [1.82, 2.24) is 0 Å². The molecule has 42 heavy (non-hydrogen) atoms. The van der Waals surface area contributed by atoms with Gasteiger partial charge in [0, 0.05) is 11.6 Å². The zero-order valence-electron chi connectivity index (χ0n) is 23.3. The van der Waals surface area contributed by atoms with Crippen molar-refractivity contribution in [3.63, 3.8) is 0 Å². The van der Waals surface area contributed by atoms with Gasteiger partial charge < -0.3 is 14.2 Å². The normalized spacial score (nSPS) is 15.6. The average molecular weight is 623 g/mol. The van der Waals surface area contributed by atoms with Gasteiger partial charge in [0.1, 0.15) is 18.0 Å². The lowest BCUT2D eigenvalue weighted by atomic mass is 10.2. The highest BCUT2D eigenvalue weighted by molar-refractivity contribution is 7.91. The molecule has 0 aromatic heterocycles. The maximum Gasteiger partial charge on any atom is 0.333 e. The summed E-state index contributed by atoms with van der Waals surface area (Å²) in [6, 6.07) is 6.58. The minimum Gasteiger partial charge on any atom is -0.494 e. The van der Waals surface area contributed by atoms with Crippen LogP contribution in [-0.4, -0.2) is 77.7 Å². The number of rotatable bonds is 13. The highest BCUT2D eigenvalue weighted by Gasteiger charge is 2.35. The fourth-order valence-corrected chi connectivity index (χ4v) is 5.55. The average Bonchev–Trinajstić information content (AvgIpc) is 3.21. The predicted octanol–water partition coefficient (Wildman–Crippen LogP) is 3.03. The van der Waals surface area contributed by atoms with Crippen LogP contribution in [0.4, 0.5) is 11.4 Å². The molecule has 0 aliphatic carbocycles. The molecule has 1 atom stereocenters. The minimum absolute atomic E-state index is 0.00445. The largest absolute Gasteiger partial charge is 0.494 e. The second-order valence-electron chi connectivity index (χ2n) is 9.12. The lowest BCUT2D eigenvalue weighted by Gasteiger charge is -2.13. The van der Waals surface area contributed by atoms with Gasteiger partial charge in [-0.15, -0.1) is 0 Å². The summed E-state index contributed by atoms with van der Waals surface area (Å²) < 4.78 is 73.1. The number of carbonyl (C=O) groups excluding carboxylic acids is 2. The Labute approximate surface area is 243 Å². The van der Waals surface area contributed by atoms with Crippen LogP contribution in [0.1, 0.15) is 19.4 Å². The molecule has 0 bridgehead atoms. The van der Waals surface area contributed by atoms with Crippen LogP contribution in [0.25, 0.3) is 0 Å². The van der Waals surface area contributed by atoms with Gasteiger partial charge in [0.2, 0.25) is 0 Å². The van der Waals surface area contributed by atoms with E-state index in [9.17, 15) is 26.4 Å². The molecule has 2 aromatic rings. The molecule has 1 aliphatic rings. The Morgan fingerprint density at radius 1 is 1.10 bits per heavy atom. The molecule has 3 rings (SSSR count). The number of aryl methyl sites for hydroxylation is 1. The number of ether oxygens (including phenoxy) is 3. The van der Waals surface area contributed by atoms with Crippen molar-refractivity contribution in [2.75, 3.05) is 37.7 Å². The van der Waals surface area contributed by atoms with Crippen LogP contribution in [0.2, 0.25) is 0 Å². The van der Waals surface area contributed by atoms with E-state index in [-0.39, 0.29) is 58.1 Å². The van der Waals surface area contributed by atoms with E-state index in [1.807, 2.05) is 0 Å². The van der Waals surface area contributed by atoms with Crippen LogP contribution in [0.15, 0.2) is 73.7 Å². The second kappa shape index (κ2) is 13.3. The van der Waals surface area contributed by atoms with Crippen molar-refractivity contribution in [1.29, 1.82) is 0 Å². The number of esters is 1. The summed E-state index contributed by atoms with van der Waals surface area (Å²) in [5, 5.41) is 13.5. The van der Waals surface area contributed by atoms with E-state index in [1.54, 1.807) is 13.8 Å². The molecule has 0 spiro atoms. The summed E-state index contributed by atoms with van der Waals surface area (Å²) in [5.41, 5.74) is 1.36. The third-order valence-electron chi connectivity index (χ3n) is 5.87. The van der Waals surface area contributed by atoms with E-state index in [0.29, 0.717) is 11.3 Å². The van der Waals surface area contributed by atoms with E-state index >= 15 is 0 Å². The van der Waals surface area contributed by atoms with E-state index in [0.717, 1.165) is 17.1 Å². The van der Waals surface area contributed by atoms with Crippen LogP contribution < -0.4 is 9.75 Å². The maximum atomic E-state index is 13.0. The Bertz CT molecular complexity index is 1650. The fourth-order valence-electron chi connectivity index (χ4n) is 3.68. The molecule has 1 aliphatic heterocycles. The van der Waals surface area contributed by atoms with Crippen molar-refractivity contribution >= 4 is 48.9 Å². The van der Waals surface area contributed by atoms with E-state index in [1.165, 1.54) is 38.3 Å². The fraction of sp³-hybridized carbons (Fsp3) is 0.346. The zero-order chi connectivity index (χ0) is 31.2. The highest BCUT2D eigenvalue weighted by atomic mass is 32.2. The van der Waals surface area contributed by atoms with Crippen LogP contribution in [0.5, 0.6) is 5.75 Å². The van der Waals surface area contributed by atoms with E-state index < -0.39 is 37.9 Å². The first kappa shape index (κ1) is 32.5. The molecule has 0 saturated carbocycles. The topological polar surface area (TPSA) is 191 Å². The number of hydrogen-bond donors (Lipinski definition) is 1. The first-order valence-electron chi connectivity index (χ1n) is 12.3. The molecule has 1 heterocycles. The molecule has 1 N–H and O–H groups in total. The zero-order valence-corrected chi connectivity index (χ0v) is 24.9. The summed E-state index contributed by atoms with van der Waals surface area (Å²) in [6.07, 6.45) is 0. The van der Waals surface area contributed by atoms with Crippen molar-refractivity contribution in [3.05, 3.63) is 54.1 Å². The van der Waals surface area contributed by atoms with Crippen molar-refractivity contribution in [3.8, 4) is 5.75 Å². The number of nitrogens with zero attached hydrogens (tertiary/aromatic N) is 4. The van der Waals surface area contributed by atoms with Gasteiger partial charge >= 0.3 is 5.97 Å². The smallest absolute Gasteiger partial charge is 0.333 e. The number of sulfone groups is 1. The lowest BCUT2D eigenvalue weighted by molar-refractivity contribution is -0.140. The highest BCUT2D eigenvalue weighted by Crippen LogP contribution is 2.34. The maximum absolute atomic E-state index is 13.0. The molecule has 0 saturated heterocycles. The molecule has 0 radical (unpaired) electrons. The molecular formula is C26H30N4O10S2. The first-order valence-corrected chi connectivity index (χ1v) is 15.4. The van der Waals surface area contributed by atoms with Gasteiger partial charge in [-0.1, -0.05) is 6.58 Å². The van der Waals surface area contributed by atoms with E-state index in [4.69, 9.17) is 18.8 Å². The Morgan fingerprint density at radius 2 is 1.76 bits per heavy atom. The third-order valence-corrected chi connectivity index (χ3v) is 8.56. The summed E-state index contributed by atoms with van der Waals surface area (Å²) in [5.74, 6) is -1.34. The van der Waals surface area contributed by atoms with Gasteiger partial charge in [-0.05, 0) is 56.7 Å². The van der Waals surface area contributed by atoms with Gasteiger partial charge in [0.25, 0.3) is 16.0 Å². The summed E-state index contributed by atoms with van der Waals surface area (Å²) in [6.45, 7) is 7.97. The van der Waals surface area contributed by atoms with Crippen LogP contribution in [0.3, 0.4) is 0 Å². The van der Waals surface area contributed by atoms with Crippen LogP contribution in [0, 0.1) is 6.92 Å².